The van der Waals surface area contributed by atoms with Crippen LogP contribution in [0.5, 0.6) is 0 Å². The highest BCUT2D eigenvalue weighted by Gasteiger charge is 2.40. The summed E-state index contributed by atoms with van der Waals surface area (Å²) in [5.41, 5.74) is 3.41. The van der Waals surface area contributed by atoms with Crippen molar-refractivity contribution in [2.75, 3.05) is 23.3 Å². The van der Waals surface area contributed by atoms with Crippen LogP contribution in [0.25, 0.3) is 0 Å². The Bertz CT molecular complexity index is 1260. The molecule has 2 amide bonds. The highest BCUT2D eigenvalue weighted by molar-refractivity contribution is 5.98. The number of likely N-dealkylation sites (tertiary alicyclic amines) is 1. The molecule has 5 rings (SSSR count). The molecule has 0 saturated carbocycles. The van der Waals surface area contributed by atoms with Gasteiger partial charge >= 0.3 is 0 Å². The molecule has 2 heterocycles. The van der Waals surface area contributed by atoms with Gasteiger partial charge < -0.3 is 15.1 Å². The van der Waals surface area contributed by atoms with E-state index < -0.39 is 17.8 Å². The van der Waals surface area contributed by atoms with Crippen LogP contribution < -0.4 is 10.2 Å². The van der Waals surface area contributed by atoms with Gasteiger partial charge in [-0.2, -0.15) is 0 Å². The summed E-state index contributed by atoms with van der Waals surface area (Å²) in [4.78, 5) is 31.5. The predicted molar refractivity (Wildman–Crippen MR) is 145 cm³/mol. The van der Waals surface area contributed by atoms with E-state index in [0.717, 1.165) is 23.5 Å². The fourth-order valence-electron chi connectivity index (χ4n) is 5.92. The Balaban J connectivity index is 1.44. The second-order valence-electron chi connectivity index (χ2n) is 10.3. The number of nitrogens with zero attached hydrogens (tertiary/aromatic N) is 2. The van der Waals surface area contributed by atoms with Gasteiger partial charge in [0.25, 0.3) is 5.91 Å². The van der Waals surface area contributed by atoms with Gasteiger partial charge in [0.05, 0.1) is 17.5 Å². The van der Waals surface area contributed by atoms with Crippen LogP contribution in [0.15, 0.2) is 72.8 Å². The molecule has 0 radical (unpaired) electrons. The third kappa shape index (κ3) is 5.10. The molecule has 0 spiro atoms. The first kappa shape index (κ1) is 25.0. The molecule has 0 aromatic heterocycles. The van der Waals surface area contributed by atoms with E-state index in [4.69, 9.17) is 0 Å². The minimum atomic E-state index is -0.531. The maximum Gasteiger partial charge on any atom is 0.257 e. The second kappa shape index (κ2) is 10.8. The molecule has 2 unspecified atom stereocenters. The summed E-state index contributed by atoms with van der Waals surface area (Å²) >= 11 is 0. The molecule has 3 aromatic rings. The quantitative estimate of drug-likeness (QED) is 0.445. The lowest BCUT2D eigenvalue weighted by atomic mass is 9.83. The number of halogens is 1. The molecule has 3 aromatic carbocycles. The summed E-state index contributed by atoms with van der Waals surface area (Å²) in [6.07, 6.45) is 3.66. The Labute approximate surface area is 218 Å². The molecule has 1 N–H and O–H groups in total. The van der Waals surface area contributed by atoms with Gasteiger partial charge in [-0.05, 0) is 74.9 Å². The Morgan fingerprint density at radius 1 is 0.919 bits per heavy atom. The van der Waals surface area contributed by atoms with Crippen LogP contribution in [-0.4, -0.2) is 35.8 Å². The Kier molecular flexibility index (Phi) is 7.26. The largest absolute Gasteiger partial charge is 0.369 e. The molecule has 6 heteroatoms. The summed E-state index contributed by atoms with van der Waals surface area (Å²) < 4.78 is 14.8. The van der Waals surface area contributed by atoms with Crippen molar-refractivity contribution in [1.29, 1.82) is 0 Å². The molecule has 0 aliphatic carbocycles. The predicted octanol–water partition coefficient (Wildman–Crippen LogP) is 6.36. The standard InChI is InChI=1S/C31H34FN3O2/c1-21-10-6-17-27(32)28(21)31(37)35-19-9-16-26(29(35)23-12-4-3-5-13-23)30(36)33-24-14-7-15-25(20-24)34-18-8-11-22(34)2/h3-7,10,12-15,17,20,22,26,29H,8-9,11,16,18-19H2,1-2H3,(H,33,36)/t22-,26?,29?/m0/s1. The fraction of sp³-hybridized carbons (Fsp3) is 0.355. The number of anilines is 2. The number of amides is 2. The highest BCUT2D eigenvalue weighted by Crippen LogP contribution is 2.38. The van der Waals surface area contributed by atoms with Crippen molar-refractivity contribution in [3.8, 4) is 0 Å². The van der Waals surface area contributed by atoms with Crippen LogP contribution in [0, 0.1) is 18.7 Å². The first-order chi connectivity index (χ1) is 17.9. The molecular weight excluding hydrogens is 465 g/mol. The fourth-order valence-corrected chi connectivity index (χ4v) is 5.92. The van der Waals surface area contributed by atoms with E-state index in [1.165, 1.54) is 18.9 Å². The van der Waals surface area contributed by atoms with E-state index in [9.17, 15) is 14.0 Å². The minimum absolute atomic E-state index is 0.0805. The van der Waals surface area contributed by atoms with Crippen molar-refractivity contribution in [2.24, 2.45) is 5.92 Å². The Hall–Kier alpha value is -3.67. The molecular formula is C31H34FN3O2. The van der Waals surface area contributed by atoms with E-state index in [1.807, 2.05) is 48.5 Å². The van der Waals surface area contributed by atoms with E-state index >= 15 is 0 Å². The number of nitrogens with one attached hydrogen (secondary N) is 1. The minimum Gasteiger partial charge on any atom is -0.369 e. The van der Waals surface area contributed by atoms with E-state index in [-0.39, 0.29) is 17.4 Å². The average Bonchev–Trinajstić information content (AvgIpc) is 3.34. The van der Waals surface area contributed by atoms with Crippen LogP contribution in [-0.2, 0) is 4.79 Å². The van der Waals surface area contributed by atoms with Crippen LogP contribution in [0.3, 0.4) is 0 Å². The van der Waals surface area contributed by atoms with Gasteiger partial charge in [-0.25, -0.2) is 4.39 Å². The second-order valence-corrected chi connectivity index (χ2v) is 10.3. The summed E-state index contributed by atoms with van der Waals surface area (Å²) in [5.74, 6) is -1.48. The van der Waals surface area contributed by atoms with Gasteiger partial charge in [0.1, 0.15) is 5.82 Å². The van der Waals surface area contributed by atoms with Crippen molar-refractivity contribution in [1.82, 2.24) is 4.90 Å². The number of hydrogen-bond donors (Lipinski definition) is 1. The van der Waals surface area contributed by atoms with Gasteiger partial charge in [-0.1, -0.05) is 48.5 Å². The molecule has 37 heavy (non-hydrogen) atoms. The summed E-state index contributed by atoms with van der Waals surface area (Å²) in [6.45, 7) is 5.46. The lowest BCUT2D eigenvalue weighted by Crippen LogP contribution is -2.46. The van der Waals surface area contributed by atoms with Gasteiger partial charge in [-0.15, -0.1) is 0 Å². The highest BCUT2D eigenvalue weighted by atomic mass is 19.1. The van der Waals surface area contributed by atoms with Gasteiger partial charge in [0, 0.05) is 30.5 Å². The maximum absolute atomic E-state index is 14.8. The van der Waals surface area contributed by atoms with Crippen molar-refractivity contribution in [3.63, 3.8) is 0 Å². The lowest BCUT2D eigenvalue weighted by molar-refractivity contribution is -0.123. The van der Waals surface area contributed by atoms with E-state index in [0.29, 0.717) is 31.0 Å². The van der Waals surface area contributed by atoms with E-state index in [1.54, 1.807) is 24.0 Å². The number of carbonyl (C=O) groups excluding carboxylic acids is 2. The van der Waals surface area contributed by atoms with Crippen molar-refractivity contribution in [3.05, 3.63) is 95.3 Å². The zero-order chi connectivity index (χ0) is 25.9. The van der Waals surface area contributed by atoms with Crippen molar-refractivity contribution >= 4 is 23.2 Å². The molecule has 2 saturated heterocycles. The number of piperidine rings is 1. The Morgan fingerprint density at radius 3 is 2.41 bits per heavy atom. The summed E-state index contributed by atoms with van der Waals surface area (Å²) in [6, 6.07) is 22.3. The SMILES string of the molecule is Cc1cccc(F)c1C(=O)N1CCCC(C(=O)Nc2cccc(N3CCC[C@@H]3C)c2)C1c1ccccc1. The zero-order valence-electron chi connectivity index (χ0n) is 21.5. The van der Waals surface area contributed by atoms with Crippen LogP contribution in [0.4, 0.5) is 15.8 Å². The molecule has 2 aliphatic heterocycles. The molecule has 192 valence electrons. The number of aryl methyl sites for hydroxylation is 1. The number of benzene rings is 3. The molecule has 3 atom stereocenters. The van der Waals surface area contributed by atoms with Gasteiger partial charge in [0.15, 0.2) is 0 Å². The van der Waals surface area contributed by atoms with Gasteiger partial charge in [0.2, 0.25) is 5.91 Å². The van der Waals surface area contributed by atoms with Crippen molar-refractivity contribution < 1.29 is 14.0 Å². The average molecular weight is 500 g/mol. The number of rotatable bonds is 5. The van der Waals surface area contributed by atoms with Crippen molar-refractivity contribution in [2.45, 2.75) is 51.6 Å². The van der Waals surface area contributed by atoms with Crippen LogP contribution in [0.1, 0.15) is 60.1 Å². The van der Waals surface area contributed by atoms with Gasteiger partial charge in [-0.3, -0.25) is 9.59 Å². The lowest BCUT2D eigenvalue weighted by Gasteiger charge is -2.41. The molecule has 2 aliphatic rings. The normalized spacial score (nSPS) is 21.6. The zero-order valence-corrected chi connectivity index (χ0v) is 21.5. The molecule has 2 fully saturated rings. The number of carbonyl (C=O) groups is 2. The summed E-state index contributed by atoms with van der Waals surface area (Å²) in [7, 11) is 0. The monoisotopic (exact) mass is 499 g/mol. The van der Waals surface area contributed by atoms with Crippen LogP contribution in [0.2, 0.25) is 0 Å². The summed E-state index contributed by atoms with van der Waals surface area (Å²) in [5, 5.41) is 3.13. The third-order valence-corrected chi connectivity index (χ3v) is 7.80. The molecule has 0 bridgehead atoms. The number of hydrogen-bond acceptors (Lipinski definition) is 3. The first-order valence-corrected chi connectivity index (χ1v) is 13.2. The smallest absolute Gasteiger partial charge is 0.257 e. The first-order valence-electron chi connectivity index (χ1n) is 13.2. The molecule has 5 nitrogen and oxygen atoms in total. The topological polar surface area (TPSA) is 52.7 Å². The van der Waals surface area contributed by atoms with Crippen LogP contribution >= 0.6 is 0 Å². The maximum atomic E-state index is 14.8. The van der Waals surface area contributed by atoms with E-state index in [2.05, 4.69) is 23.2 Å². The Morgan fingerprint density at radius 2 is 1.68 bits per heavy atom. The third-order valence-electron chi connectivity index (χ3n) is 7.80.